The van der Waals surface area contributed by atoms with Gasteiger partial charge in [0, 0.05) is 25.1 Å². The van der Waals surface area contributed by atoms with E-state index in [1.54, 1.807) is 6.20 Å². The molecular formula is C20H19N5S. The summed E-state index contributed by atoms with van der Waals surface area (Å²) >= 11 is 1.54. The number of H-pyrrole nitrogens is 1. The van der Waals surface area contributed by atoms with Crippen LogP contribution in [0, 0.1) is 0 Å². The van der Waals surface area contributed by atoms with E-state index in [0.29, 0.717) is 0 Å². The first kappa shape index (κ1) is 16.6. The van der Waals surface area contributed by atoms with Crippen molar-refractivity contribution in [1.29, 1.82) is 0 Å². The first-order valence-corrected chi connectivity index (χ1v) is 9.59. The standard InChI is InChI=1S/C20H19N5S/c1-25(18-11-12-21-20(22-18)26-2)17-10-6-9-15-19(17)16(24-23-15)13-14-7-4-3-5-8-14/h3-12H,13H2,1-2H3,(H,23,24). The number of hydrogen-bond donors (Lipinski definition) is 1. The Morgan fingerprint density at radius 1 is 1.04 bits per heavy atom. The van der Waals surface area contributed by atoms with Gasteiger partial charge in [0.25, 0.3) is 0 Å². The van der Waals surface area contributed by atoms with Crippen molar-refractivity contribution < 1.29 is 0 Å². The van der Waals surface area contributed by atoms with Crippen molar-refractivity contribution in [3.8, 4) is 0 Å². The molecule has 0 spiro atoms. The van der Waals surface area contributed by atoms with Gasteiger partial charge in [-0.3, -0.25) is 5.10 Å². The van der Waals surface area contributed by atoms with Gasteiger partial charge in [-0.05, 0) is 30.0 Å². The maximum atomic E-state index is 4.62. The molecule has 0 aliphatic rings. The highest BCUT2D eigenvalue weighted by molar-refractivity contribution is 7.98. The highest BCUT2D eigenvalue weighted by Crippen LogP contribution is 2.32. The van der Waals surface area contributed by atoms with Crippen LogP contribution in [-0.2, 0) is 6.42 Å². The molecule has 0 atom stereocenters. The molecule has 4 rings (SSSR count). The van der Waals surface area contributed by atoms with Crippen molar-refractivity contribution in [3.63, 3.8) is 0 Å². The number of fused-ring (bicyclic) bond motifs is 1. The minimum atomic E-state index is 0.762. The average molecular weight is 361 g/mol. The lowest BCUT2D eigenvalue weighted by atomic mass is 10.1. The third-order valence-corrected chi connectivity index (χ3v) is 4.92. The smallest absolute Gasteiger partial charge is 0.189 e. The van der Waals surface area contributed by atoms with Crippen LogP contribution < -0.4 is 4.90 Å². The van der Waals surface area contributed by atoms with Crippen molar-refractivity contribution >= 4 is 34.2 Å². The lowest BCUT2D eigenvalue weighted by Gasteiger charge is -2.20. The van der Waals surface area contributed by atoms with Gasteiger partial charge in [-0.25, -0.2) is 9.97 Å². The Morgan fingerprint density at radius 3 is 2.69 bits per heavy atom. The number of rotatable bonds is 5. The van der Waals surface area contributed by atoms with Crippen LogP contribution in [0.25, 0.3) is 10.9 Å². The lowest BCUT2D eigenvalue weighted by molar-refractivity contribution is 0.946. The SMILES string of the molecule is CSc1nccc(N(C)c2cccc3[nH]nc(Cc4ccccc4)c23)n1. The van der Waals surface area contributed by atoms with Gasteiger partial charge in [0.05, 0.1) is 16.9 Å². The van der Waals surface area contributed by atoms with E-state index in [9.17, 15) is 0 Å². The maximum Gasteiger partial charge on any atom is 0.189 e. The molecule has 0 saturated carbocycles. The summed E-state index contributed by atoms with van der Waals surface area (Å²) < 4.78 is 0. The molecular weight excluding hydrogens is 342 g/mol. The average Bonchev–Trinajstić information content (AvgIpc) is 3.11. The van der Waals surface area contributed by atoms with Gasteiger partial charge in [-0.2, -0.15) is 5.10 Å². The molecule has 0 aliphatic carbocycles. The third kappa shape index (κ3) is 3.15. The predicted octanol–water partition coefficient (Wildman–Crippen LogP) is 4.43. The lowest BCUT2D eigenvalue weighted by Crippen LogP contribution is -2.12. The first-order chi connectivity index (χ1) is 12.8. The van der Waals surface area contributed by atoms with Gasteiger partial charge >= 0.3 is 0 Å². The molecule has 0 unspecified atom stereocenters. The summed E-state index contributed by atoms with van der Waals surface area (Å²) in [6.07, 6.45) is 4.56. The van der Waals surface area contributed by atoms with E-state index < -0.39 is 0 Å². The predicted molar refractivity (Wildman–Crippen MR) is 107 cm³/mol. The van der Waals surface area contributed by atoms with Crippen molar-refractivity contribution in [2.24, 2.45) is 0 Å². The monoisotopic (exact) mass is 361 g/mol. The number of nitrogens with one attached hydrogen (secondary N) is 1. The Hall–Kier alpha value is -2.86. The van der Waals surface area contributed by atoms with Crippen LogP contribution in [0.3, 0.4) is 0 Å². The van der Waals surface area contributed by atoms with E-state index >= 15 is 0 Å². The zero-order valence-electron chi connectivity index (χ0n) is 14.7. The number of hydrogen-bond acceptors (Lipinski definition) is 5. The van der Waals surface area contributed by atoms with Gasteiger partial charge in [0.1, 0.15) is 5.82 Å². The van der Waals surface area contributed by atoms with E-state index in [-0.39, 0.29) is 0 Å². The number of thioether (sulfide) groups is 1. The molecule has 26 heavy (non-hydrogen) atoms. The summed E-state index contributed by atoms with van der Waals surface area (Å²) in [6.45, 7) is 0. The quantitative estimate of drug-likeness (QED) is 0.421. The van der Waals surface area contributed by atoms with Crippen molar-refractivity contribution in [3.05, 3.63) is 72.1 Å². The molecule has 2 aromatic carbocycles. The Kier molecular flexibility index (Phi) is 4.58. The molecule has 0 bridgehead atoms. The number of anilines is 2. The second kappa shape index (κ2) is 7.17. The van der Waals surface area contributed by atoms with Crippen LogP contribution in [0.4, 0.5) is 11.5 Å². The molecule has 1 N–H and O–H groups in total. The molecule has 6 heteroatoms. The maximum absolute atomic E-state index is 4.62. The molecule has 4 aromatic rings. The molecule has 0 amide bonds. The van der Waals surface area contributed by atoms with Gasteiger partial charge in [0.15, 0.2) is 5.16 Å². The molecule has 5 nitrogen and oxygen atoms in total. The summed E-state index contributed by atoms with van der Waals surface area (Å²) in [5, 5.41) is 9.63. The Labute approximate surface area is 156 Å². The normalized spacial score (nSPS) is 11.0. The van der Waals surface area contributed by atoms with E-state index in [2.05, 4.69) is 61.5 Å². The van der Waals surface area contributed by atoms with Crippen molar-refractivity contribution in [1.82, 2.24) is 20.2 Å². The summed E-state index contributed by atoms with van der Waals surface area (Å²) in [7, 11) is 2.03. The zero-order chi connectivity index (χ0) is 17.9. The summed E-state index contributed by atoms with van der Waals surface area (Å²) in [5.41, 5.74) is 4.38. The van der Waals surface area contributed by atoms with Crippen LogP contribution in [0.15, 0.2) is 66.0 Å². The van der Waals surface area contributed by atoms with Crippen LogP contribution >= 0.6 is 11.8 Å². The minimum Gasteiger partial charge on any atom is -0.329 e. The fraction of sp³-hybridized carbons (Fsp3) is 0.150. The van der Waals surface area contributed by atoms with Crippen molar-refractivity contribution in [2.75, 3.05) is 18.2 Å². The van der Waals surface area contributed by atoms with Gasteiger partial charge in [0.2, 0.25) is 0 Å². The Bertz CT molecular complexity index is 1030. The second-order valence-corrected chi connectivity index (χ2v) is 6.77. The van der Waals surface area contributed by atoms with E-state index in [1.165, 1.54) is 17.3 Å². The Balaban J connectivity index is 1.78. The molecule has 2 aromatic heterocycles. The highest BCUT2D eigenvalue weighted by Gasteiger charge is 2.15. The summed E-state index contributed by atoms with van der Waals surface area (Å²) in [4.78, 5) is 11.0. The number of aromatic nitrogens is 4. The fourth-order valence-electron chi connectivity index (χ4n) is 3.06. The second-order valence-electron chi connectivity index (χ2n) is 5.99. The summed E-state index contributed by atoms with van der Waals surface area (Å²) in [5.74, 6) is 0.865. The van der Waals surface area contributed by atoms with Gasteiger partial charge < -0.3 is 4.90 Å². The molecule has 0 saturated heterocycles. The van der Waals surface area contributed by atoms with Crippen LogP contribution in [0.2, 0.25) is 0 Å². The number of nitrogens with zero attached hydrogens (tertiary/aromatic N) is 4. The Morgan fingerprint density at radius 2 is 1.88 bits per heavy atom. The molecule has 130 valence electrons. The molecule has 0 radical (unpaired) electrons. The van der Waals surface area contributed by atoms with Crippen LogP contribution in [-0.4, -0.2) is 33.5 Å². The van der Waals surface area contributed by atoms with Gasteiger partial charge in [-0.15, -0.1) is 0 Å². The van der Waals surface area contributed by atoms with Crippen LogP contribution in [0.1, 0.15) is 11.3 Å². The van der Waals surface area contributed by atoms with Crippen LogP contribution in [0.5, 0.6) is 0 Å². The van der Waals surface area contributed by atoms with Gasteiger partial charge in [-0.1, -0.05) is 48.2 Å². The fourth-order valence-corrected chi connectivity index (χ4v) is 3.41. The van der Waals surface area contributed by atoms with E-state index in [1.807, 2.05) is 31.5 Å². The van der Waals surface area contributed by atoms with Crippen molar-refractivity contribution in [2.45, 2.75) is 11.6 Å². The molecule has 0 aliphatic heterocycles. The summed E-state index contributed by atoms with van der Waals surface area (Å²) in [6, 6.07) is 18.5. The molecule has 2 heterocycles. The largest absolute Gasteiger partial charge is 0.329 e. The topological polar surface area (TPSA) is 57.7 Å². The molecule has 0 fully saturated rings. The highest BCUT2D eigenvalue weighted by atomic mass is 32.2. The first-order valence-electron chi connectivity index (χ1n) is 8.37. The zero-order valence-corrected chi connectivity index (χ0v) is 15.5. The van der Waals surface area contributed by atoms with E-state index in [0.717, 1.165) is 39.7 Å². The minimum absolute atomic E-state index is 0.762. The van der Waals surface area contributed by atoms with E-state index in [4.69, 9.17) is 0 Å². The number of aromatic amines is 1. The third-order valence-electron chi connectivity index (χ3n) is 4.36. The number of benzene rings is 2.